The van der Waals surface area contributed by atoms with Crippen LogP contribution in [0.5, 0.6) is 0 Å². The highest BCUT2D eigenvalue weighted by Crippen LogP contribution is 2.23. The first kappa shape index (κ1) is 18.4. The zero-order valence-electron chi connectivity index (χ0n) is 15.5. The van der Waals surface area contributed by atoms with Gasteiger partial charge in [0.15, 0.2) is 17.2 Å². The molecule has 0 radical (unpaired) electrons. The van der Waals surface area contributed by atoms with Gasteiger partial charge in [0.2, 0.25) is 0 Å². The molecule has 0 saturated heterocycles. The molecule has 142 valence electrons. The van der Waals surface area contributed by atoms with Crippen molar-refractivity contribution in [3.8, 4) is 0 Å². The van der Waals surface area contributed by atoms with Crippen LogP contribution in [0.3, 0.4) is 0 Å². The van der Waals surface area contributed by atoms with E-state index in [1.807, 2.05) is 36.6 Å². The van der Waals surface area contributed by atoms with Crippen molar-refractivity contribution < 1.29 is 4.79 Å². The number of hydrogen-bond donors (Lipinski definition) is 1. The van der Waals surface area contributed by atoms with Crippen molar-refractivity contribution in [2.45, 2.75) is 12.8 Å². The molecule has 0 saturated carbocycles. The molecule has 8 heteroatoms. The van der Waals surface area contributed by atoms with Crippen LogP contribution in [0, 0.1) is 0 Å². The molecule has 7 nitrogen and oxygen atoms in total. The fourth-order valence-electron chi connectivity index (χ4n) is 3.03. The molecule has 4 rings (SSSR count). The summed E-state index contributed by atoms with van der Waals surface area (Å²) >= 11 is 1.76. The zero-order valence-corrected chi connectivity index (χ0v) is 16.3. The van der Waals surface area contributed by atoms with Gasteiger partial charge in [-0.1, -0.05) is 6.08 Å². The number of aromatic nitrogens is 4. The van der Waals surface area contributed by atoms with E-state index in [1.54, 1.807) is 22.5 Å². The van der Waals surface area contributed by atoms with Gasteiger partial charge < -0.3 is 5.32 Å². The number of nitrogens with one attached hydrogen (secondary N) is 1. The third-order valence-corrected chi connectivity index (χ3v) is 5.17. The maximum Gasteiger partial charge on any atom is 0.199 e. The maximum absolute atomic E-state index is 12.2. The number of Topliss-reactive ketones (excluding diaryl/α,β-unsaturated/α-hetero) is 1. The highest BCUT2D eigenvalue weighted by Gasteiger charge is 2.14. The van der Waals surface area contributed by atoms with Crippen LogP contribution >= 0.6 is 11.8 Å². The summed E-state index contributed by atoms with van der Waals surface area (Å²) in [5, 5.41) is 7.58. The molecule has 1 N–H and O–H groups in total. The van der Waals surface area contributed by atoms with Gasteiger partial charge in [-0.25, -0.2) is 14.5 Å². The number of ketones is 1. The molecule has 0 unspecified atom stereocenters. The Bertz CT molecular complexity index is 1050. The van der Waals surface area contributed by atoms with E-state index in [-0.39, 0.29) is 5.78 Å². The highest BCUT2D eigenvalue weighted by atomic mass is 32.2. The second-order valence-corrected chi connectivity index (χ2v) is 7.35. The Balaban J connectivity index is 1.52. The fourth-order valence-corrected chi connectivity index (χ4v) is 3.46. The summed E-state index contributed by atoms with van der Waals surface area (Å²) in [5.41, 5.74) is 4.04. The molecule has 0 bridgehead atoms. The minimum absolute atomic E-state index is 0.175. The predicted octanol–water partition coefficient (Wildman–Crippen LogP) is 3.66. The average molecular weight is 392 g/mol. The van der Waals surface area contributed by atoms with Crippen molar-refractivity contribution in [1.29, 1.82) is 0 Å². The van der Waals surface area contributed by atoms with E-state index in [1.165, 1.54) is 6.33 Å². The number of rotatable bonds is 8. The van der Waals surface area contributed by atoms with E-state index < -0.39 is 0 Å². The lowest BCUT2D eigenvalue weighted by Gasteiger charge is -2.09. The van der Waals surface area contributed by atoms with Crippen LogP contribution in [-0.2, 0) is 0 Å². The van der Waals surface area contributed by atoms with Crippen LogP contribution in [0.4, 0.5) is 11.5 Å². The summed E-state index contributed by atoms with van der Waals surface area (Å²) in [7, 11) is 0. The first-order chi connectivity index (χ1) is 13.8. The Morgan fingerprint density at radius 2 is 2.11 bits per heavy atom. The van der Waals surface area contributed by atoms with Crippen LogP contribution < -0.4 is 5.32 Å². The van der Waals surface area contributed by atoms with E-state index in [2.05, 4.69) is 31.6 Å². The quantitative estimate of drug-likeness (QED) is 0.465. The van der Waals surface area contributed by atoms with Gasteiger partial charge in [-0.15, -0.1) is 0 Å². The topological polar surface area (TPSA) is 84.5 Å². The van der Waals surface area contributed by atoms with Crippen LogP contribution in [0.25, 0.3) is 11.2 Å². The minimum Gasteiger partial charge on any atom is -0.337 e. The molecule has 1 aromatic carbocycles. The minimum atomic E-state index is 0.175. The molecule has 1 aliphatic heterocycles. The number of aliphatic imine (C=N–C) groups is 1. The number of thioether (sulfide) groups is 1. The molecule has 0 spiro atoms. The summed E-state index contributed by atoms with van der Waals surface area (Å²) in [6.07, 6.45) is 10.7. The molecule has 28 heavy (non-hydrogen) atoms. The number of benzene rings is 1. The van der Waals surface area contributed by atoms with E-state index in [4.69, 9.17) is 0 Å². The van der Waals surface area contributed by atoms with E-state index in [0.717, 1.165) is 34.7 Å². The van der Waals surface area contributed by atoms with Crippen molar-refractivity contribution in [3.05, 3.63) is 54.1 Å². The van der Waals surface area contributed by atoms with E-state index >= 15 is 0 Å². The first-order valence-electron chi connectivity index (χ1n) is 9.04. The summed E-state index contributed by atoms with van der Waals surface area (Å²) in [6.45, 7) is 0.674. The molecule has 0 atom stereocenters. The number of nitrogens with zero attached hydrogens (tertiary/aromatic N) is 5. The maximum atomic E-state index is 12.2. The molecular weight excluding hydrogens is 372 g/mol. The Hall–Kier alpha value is -3.00. The molecule has 2 aromatic heterocycles. The monoisotopic (exact) mass is 392 g/mol. The average Bonchev–Trinajstić information content (AvgIpc) is 3.41. The third-order valence-electron chi connectivity index (χ3n) is 4.47. The lowest BCUT2D eigenvalue weighted by Crippen LogP contribution is -2.05. The van der Waals surface area contributed by atoms with Crippen molar-refractivity contribution >= 4 is 46.5 Å². The molecular formula is C20H20N6OS. The molecule has 1 aliphatic rings. The van der Waals surface area contributed by atoms with Crippen molar-refractivity contribution in [2.24, 2.45) is 4.99 Å². The van der Waals surface area contributed by atoms with Crippen LogP contribution in [-0.4, -0.2) is 50.1 Å². The lowest BCUT2D eigenvalue weighted by molar-refractivity contribution is 0.0982. The second kappa shape index (κ2) is 8.35. The lowest BCUT2D eigenvalue weighted by atomic mass is 10.1. The Morgan fingerprint density at radius 1 is 1.25 bits per heavy atom. The number of fused-ring (bicyclic) bond motifs is 1. The van der Waals surface area contributed by atoms with Crippen molar-refractivity contribution in [2.75, 3.05) is 23.9 Å². The van der Waals surface area contributed by atoms with Gasteiger partial charge in [0.25, 0.3) is 0 Å². The molecule has 3 aromatic rings. The van der Waals surface area contributed by atoms with Gasteiger partial charge in [-0.05, 0) is 42.7 Å². The number of allylic oxidation sites excluding steroid dienone is 1. The smallest absolute Gasteiger partial charge is 0.199 e. The van der Waals surface area contributed by atoms with Crippen LogP contribution in [0.15, 0.2) is 47.9 Å². The SMILES string of the molecule is CSCCCC(=O)c1ccc(Nc2ncc(C3=CCN=C3)n3ncnc23)cc1. The largest absolute Gasteiger partial charge is 0.337 e. The summed E-state index contributed by atoms with van der Waals surface area (Å²) in [6, 6.07) is 7.46. The van der Waals surface area contributed by atoms with Crippen LogP contribution in [0.2, 0.25) is 0 Å². The first-order valence-corrected chi connectivity index (χ1v) is 10.4. The number of carbonyl (C=O) groups excluding carboxylic acids is 1. The number of hydrogen-bond acceptors (Lipinski definition) is 7. The van der Waals surface area contributed by atoms with Gasteiger partial charge in [0.1, 0.15) is 6.33 Å². The summed E-state index contributed by atoms with van der Waals surface area (Å²) in [4.78, 5) is 25.3. The number of anilines is 2. The van der Waals surface area contributed by atoms with Gasteiger partial charge in [-0.2, -0.15) is 16.9 Å². The second-order valence-electron chi connectivity index (χ2n) is 6.36. The third kappa shape index (κ3) is 3.82. The van der Waals surface area contributed by atoms with Gasteiger partial charge in [0, 0.05) is 29.5 Å². The Labute approximate surface area is 167 Å². The molecule has 0 amide bonds. The normalized spacial score (nSPS) is 13.1. The van der Waals surface area contributed by atoms with E-state index in [0.29, 0.717) is 24.4 Å². The summed E-state index contributed by atoms with van der Waals surface area (Å²) < 4.78 is 1.75. The fraction of sp³-hybridized carbons (Fsp3) is 0.250. The standard InChI is InChI=1S/C20H20N6OS/c1-28-10-2-3-18(27)14-4-6-16(7-5-14)25-19-20-23-13-24-26(20)17(12-22-19)15-8-9-21-11-15/h4-8,11-13H,2-3,9-10H2,1H3,(H,22,25). The van der Waals surface area contributed by atoms with Crippen molar-refractivity contribution in [1.82, 2.24) is 19.6 Å². The molecule has 3 heterocycles. The molecule has 0 aliphatic carbocycles. The highest BCUT2D eigenvalue weighted by molar-refractivity contribution is 7.98. The predicted molar refractivity (Wildman–Crippen MR) is 114 cm³/mol. The number of carbonyl (C=O) groups is 1. The molecule has 0 fully saturated rings. The van der Waals surface area contributed by atoms with Gasteiger partial charge >= 0.3 is 0 Å². The Morgan fingerprint density at radius 3 is 2.86 bits per heavy atom. The van der Waals surface area contributed by atoms with Gasteiger partial charge in [0.05, 0.1) is 18.4 Å². The van der Waals surface area contributed by atoms with Crippen molar-refractivity contribution in [3.63, 3.8) is 0 Å². The summed E-state index contributed by atoms with van der Waals surface area (Å²) in [5.74, 6) is 1.79. The zero-order chi connectivity index (χ0) is 19.3. The Kier molecular flexibility index (Phi) is 5.48. The van der Waals surface area contributed by atoms with E-state index in [9.17, 15) is 4.79 Å². The van der Waals surface area contributed by atoms with Gasteiger partial charge in [-0.3, -0.25) is 9.79 Å². The van der Waals surface area contributed by atoms with Crippen LogP contribution in [0.1, 0.15) is 28.9 Å².